The summed E-state index contributed by atoms with van der Waals surface area (Å²) in [5.41, 5.74) is 0.575. The number of benzene rings is 2. The molecule has 7 heteroatoms. The fourth-order valence-electron chi connectivity index (χ4n) is 2.87. The highest BCUT2D eigenvalue weighted by molar-refractivity contribution is 5.94. The van der Waals surface area contributed by atoms with Crippen LogP contribution in [0.2, 0.25) is 0 Å². The Kier molecular flexibility index (Phi) is 6.74. The van der Waals surface area contributed by atoms with Crippen molar-refractivity contribution < 1.29 is 23.5 Å². The van der Waals surface area contributed by atoms with Crippen LogP contribution in [0, 0.1) is 0 Å². The van der Waals surface area contributed by atoms with Crippen molar-refractivity contribution in [2.24, 2.45) is 0 Å². The molecule has 0 saturated heterocycles. The Hall–Kier alpha value is -3.61. The molecule has 0 saturated carbocycles. The summed E-state index contributed by atoms with van der Waals surface area (Å²) >= 11 is 0. The van der Waals surface area contributed by atoms with Gasteiger partial charge in [0.2, 0.25) is 0 Å². The third kappa shape index (κ3) is 5.94. The fourth-order valence-corrected chi connectivity index (χ4v) is 2.87. The van der Waals surface area contributed by atoms with Crippen LogP contribution in [-0.4, -0.2) is 31.6 Å². The Morgan fingerprint density at radius 2 is 1.74 bits per heavy atom. The maximum Gasteiger partial charge on any atom is 0.351 e. The zero-order chi connectivity index (χ0) is 22.4. The van der Waals surface area contributed by atoms with E-state index in [9.17, 15) is 14.4 Å². The first-order valence-electron chi connectivity index (χ1n) is 9.94. The number of esters is 1. The van der Waals surface area contributed by atoms with E-state index in [4.69, 9.17) is 13.9 Å². The van der Waals surface area contributed by atoms with Gasteiger partial charge in [-0.25, -0.2) is 9.59 Å². The summed E-state index contributed by atoms with van der Waals surface area (Å²) < 4.78 is 15.6. The van der Waals surface area contributed by atoms with Crippen LogP contribution < -0.4 is 15.7 Å². The van der Waals surface area contributed by atoms with E-state index in [0.717, 1.165) is 0 Å². The van der Waals surface area contributed by atoms with Crippen molar-refractivity contribution in [1.82, 2.24) is 5.32 Å². The number of rotatable bonds is 7. The van der Waals surface area contributed by atoms with Gasteiger partial charge in [0, 0.05) is 5.39 Å². The molecule has 0 radical (unpaired) electrons. The van der Waals surface area contributed by atoms with Gasteiger partial charge in [-0.1, -0.05) is 51.1 Å². The lowest BCUT2D eigenvalue weighted by atomic mass is 9.87. The Labute approximate surface area is 180 Å². The van der Waals surface area contributed by atoms with Crippen molar-refractivity contribution in [3.05, 3.63) is 76.1 Å². The van der Waals surface area contributed by atoms with Gasteiger partial charge in [-0.15, -0.1) is 0 Å². The van der Waals surface area contributed by atoms with Gasteiger partial charge in [0.05, 0.1) is 6.54 Å². The number of para-hydroxylation sites is 1. The molecule has 162 valence electrons. The van der Waals surface area contributed by atoms with Crippen molar-refractivity contribution in [1.29, 1.82) is 0 Å². The van der Waals surface area contributed by atoms with E-state index in [1.807, 2.05) is 24.3 Å². The number of ether oxygens (including phenoxy) is 2. The lowest BCUT2D eigenvalue weighted by Crippen LogP contribution is -2.32. The second-order valence-corrected chi connectivity index (χ2v) is 8.03. The van der Waals surface area contributed by atoms with Crippen molar-refractivity contribution in [3.8, 4) is 5.75 Å². The number of hydrogen-bond acceptors (Lipinski definition) is 6. The van der Waals surface area contributed by atoms with Crippen molar-refractivity contribution >= 4 is 22.8 Å². The quantitative estimate of drug-likeness (QED) is 0.355. The van der Waals surface area contributed by atoms with E-state index in [1.54, 1.807) is 24.3 Å². The third-order valence-electron chi connectivity index (χ3n) is 4.61. The third-order valence-corrected chi connectivity index (χ3v) is 4.61. The highest BCUT2D eigenvalue weighted by Crippen LogP contribution is 2.24. The van der Waals surface area contributed by atoms with Crippen LogP contribution in [0.3, 0.4) is 0 Å². The molecule has 0 spiro atoms. The van der Waals surface area contributed by atoms with Gasteiger partial charge in [-0.05, 0) is 35.2 Å². The maximum atomic E-state index is 12.1. The summed E-state index contributed by atoms with van der Waals surface area (Å²) in [6, 6.07) is 16.0. The molecule has 3 aromatic rings. The summed E-state index contributed by atoms with van der Waals surface area (Å²) in [6.45, 7) is 6.41. The predicted octanol–water partition coefficient (Wildman–Crippen LogP) is 3.44. The van der Waals surface area contributed by atoms with Crippen molar-refractivity contribution in [3.63, 3.8) is 0 Å². The first-order valence-corrected chi connectivity index (χ1v) is 9.94. The van der Waals surface area contributed by atoms with E-state index >= 15 is 0 Å². The molecule has 7 nitrogen and oxygen atoms in total. The van der Waals surface area contributed by atoms with Crippen LogP contribution in [0.25, 0.3) is 11.0 Å². The molecule has 0 fully saturated rings. The summed E-state index contributed by atoms with van der Waals surface area (Å²) in [6.07, 6.45) is 0. The Morgan fingerprint density at radius 3 is 2.45 bits per heavy atom. The zero-order valence-corrected chi connectivity index (χ0v) is 17.8. The smallest absolute Gasteiger partial charge is 0.351 e. The van der Waals surface area contributed by atoms with Crippen LogP contribution in [0.5, 0.6) is 5.75 Å². The molecule has 0 atom stereocenters. The van der Waals surface area contributed by atoms with Crippen LogP contribution >= 0.6 is 0 Å². The average molecular weight is 423 g/mol. The number of carbonyl (C=O) groups is 2. The minimum Gasteiger partial charge on any atom is -0.492 e. The van der Waals surface area contributed by atoms with E-state index in [1.165, 1.54) is 11.6 Å². The van der Waals surface area contributed by atoms with E-state index in [2.05, 4.69) is 26.1 Å². The SMILES string of the molecule is CC(C)(C)c1ccc(OCCNC(=O)COC(=O)c2cc3ccccc3oc2=O)cc1. The standard InChI is InChI=1S/C24H25NO6/c1-24(2,3)17-8-10-18(11-9-17)29-13-12-25-21(26)15-30-22(27)19-14-16-6-4-5-7-20(16)31-23(19)28/h4-11,14H,12-13,15H2,1-3H3,(H,25,26). The Balaban J connectivity index is 1.43. The van der Waals surface area contributed by atoms with Gasteiger partial charge < -0.3 is 19.2 Å². The van der Waals surface area contributed by atoms with E-state index in [-0.39, 0.29) is 24.1 Å². The van der Waals surface area contributed by atoms with Crippen LogP contribution in [0.15, 0.2) is 63.8 Å². The van der Waals surface area contributed by atoms with Gasteiger partial charge in [-0.3, -0.25) is 4.79 Å². The Morgan fingerprint density at radius 1 is 1.03 bits per heavy atom. The van der Waals surface area contributed by atoms with Gasteiger partial charge >= 0.3 is 11.6 Å². The molecule has 0 aliphatic rings. The summed E-state index contributed by atoms with van der Waals surface area (Å²) in [7, 11) is 0. The average Bonchev–Trinajstić information content (AvgIpc) is 2.74. The van der Waals surface area contributed by atoms with Gasteiger partial charge in [0.25, 0.3) is 5.91 Å². The number of amides is 1. The maximum absolute atomic E-state index is 12.1. The van der Waals surface area contributed by atoms with Gasteiger partial charge in [0.15, 0.2) is 6.61 Å². The van der Waals surface area contributed by atoms with Crippen molar-refractivity contribution in [2.45, 2.75) is 26.2 Å². The molecule has 0 aliphatic heterocycles. The van der Waals surface area contributed by atoms with Crippen LogP contribution in [0.1, 0.15) is 36.7 Å². The molecule has 1 N–H and O–H groups in total. The molecule has 1 heterocycles. The monoisotopic (exact) mass is 423 g/mol. The minimum atomic E-state index is -0.912. The lowest BCUT2D eigenvalue weighted by molar-refractivity contribution is -0.124. The molecule has 1 amide bonds. The normalized spacial score (nSPS) is 11.2. The van der Waals surface area contributed by atoms with Gasteiger partial charge in [0.1, 0.15) is 23.5 Å². The second-order valence-electron chi connectivity index (χ2n) is 8.03. The topological polar surface area (TPSA) is 94.8 Å². The molecular weight excluding hydrogens is 398 g/mol. The van der Waals surface area contributed by atoms with Crippen LogP contribution in [-0.2, 0) is 14.9 Å². The summed E-state index contributed by atoms with van der Waals surface area (Å²) in [5.74, 6) is -0.702. The zero-order valence-electron chi connectivity index (χ0n) is 17.8. The number of nitrogens with one attached hydrogen (secondary N) is 1. The molecule has 0 unspecified atom stereocenters. The van der Waals surface area contributed by atoms with Crippen LogP contribution in [0.4, 0.5) is 0 Å². The molecule has 1 aromatic heterocycles. The van der Waals surface area contributed by atoms with E-state index in [0.29, 0.717) is 16.7 Å². The minimum absolute atomic E-state index is 0.0672. The first kappa shape index (κ1) is 22.1. The Bertz CT molecular complexity index is 1130. The largest absolute Gasteiger partial charge is 0.492 e. The van der Waals surface area contributed by atoms with Gasteiger partial charge in [-0.2, -0.15) is 0 Å². The number of fused-ring (bicyclic) bond motifs is 1. The molecule has 31 heavy (non-hydrogen) atoms. The molecule has 2 aromatic carbocycles. The second kappa shape index (κ2) is 9.47. The molecular formula is C24H25NO6. The first-order chi connectivity index (χ1) is 14.7. The summed E-state index contributed by atoms with van der Waals surface area (Å²) in [4.78, 5) is 36.0. The lowest BCUT2D eigenvalue weighted by Gasteiger charge is -2.19. The highest BCUT2D eigenvalue weighted by Gasteiger charge is 2.16. The highest BCUT2D eigenvalue weighted by atomic mass is 16.5. The fraction of sp³-hybridized carbons (Fsp3) is 0.292. The predicted molar refractivity (Wildman–Crippen MR) is 116 cm³/mol. The molecule has 3 rings (SSSR count). The molecule has 0 aliphatic carbocycles. The molecule has 0 bridgehead atoms. The number of hydrogen-bond donors (Lipinski definition) is 1. The summed E-state index contributed by atoms with van der Waals surface area (Å²) in [5, 5.41) is 3.19. The number of carbonyl (C=O) groups excluding carboxylic acids is 2. The van der Waals surface area contributed by atoms with Crippen molar-refractivity contribution in [2.75, 3.05) is 19.8 Å². The van der Waals surface area contributed by atoms with E-state index < -0.39 is 24.1 Å².